The number of carbonyl (C=O) groups excluding carboxylic acids is 1. The van der Waals surface area contributed by atoms with Gasteiger partial charge in [0.05, 0.1) is 20.0 Å². The molecule has 0 atom stereocenters. The molecule has 8 nitrogen and oxygen atoms in total. The van der Waals surface area contributed by atoms with Crippen molar-refractivity contribution in [2.24, 2.45) is 0 Å². The summed E-state index contributed by atoms with van der Waals surface area (Å²) in [6.07, 6.45) is 4.84. The fourth-order valence-electron chi connectivity index (χ4n) is 3.85. The summed E-state index contributed by atoms with van der Waals surface area (Å²) in [5, 5.41) is 3.56. The van der Waals surface area contributed by atoms with Gasteiger partial charge in [0, 0.05) is 41.7 Å². The number of thioether (sulfide) groups is 1. The summed E-state index contributed by atoms with van der Waals surface area (Å²) in [7, 11) is 7.19. The molecule has 174 valence electrons. The van der Waals surface area contributed by atoms with Gasteiger partial charge in [-0.3, -0.25) is 9.36 Å². The predicted octanol–water partition coefficient (Wildman–Crippen LogP) is 2.82. The number of nitrogens with one attached hydrogen (secondary N) is 1. The zero-order valence-electron chi connectivity index (χ0n) is 19.3. The van der Waals surface area contributed by atoms with Crippen LogP contribution >= 0.6 is 11.8 Å². The van der Waals surface area contributed by atoms with Gasteiger partial charge < -0.3 is 19.7 Å². The molecule has 0 spiro atoms. The van der Waals surface area contributed by atoms with Crippen LogP contribution in [0.15, 0.2) is 28.0 Å². The van der Waals surface area contributed by atoms with Crippen molar-refractivity contribution in [2.75, 3.05) is 45.9 Å². The van der Waals surface area contributed by atoms with E-state index in [0.29, 0.717) is 28.8 Å². The zero-order chi connectivity index (χ0) is 23.1. The van der Waals surface area contributed by atoms with Crippen LogP contribution in [0, 0.1) is 0 Å². The van der Waals surface area contributed by atoms with E-state index < -0.39 is 0 Å². The van der Waals surface area contributed by atoms with Crippen LogP contribution in [-0.4, -0.2) is 61.0 Å². The van der Waals surface area contributed by atoms with Gasteiger partial charge in [-0.2, -0.15) is 4.98 Å². The summed E-state index contributed by atoms with van der Waals surface area (Å²) in [5.74, 6) is 1.19. The van der Waals surface area contributed by atoms with Crippen LogP contribution in [0.5, 0.6) is 11.5 Å². The molecule has 1 heterocycles. The van der Waals surface area contributed by atoms with Gasteiger partial charge in [0.25, 0.3) is 0 Å². The van der Waals surface area contributed by atoms with E-state index in [1.807, 2.05) is 18.7 Å². The van der Waals surface area contributed by atoms with Crippen LogP contribution in [0.2, 0.25) is 0 Å². The number of anilines is 1. The van der Waals surface area contributed by atoms with Crippen molar-refractivity contribution < 1.29 is 14.3 Å². The van der Waals surface area contributed by atoms with Gasteiger partial charge in [0.1, 0.15) is 16.5 Å². The van der Waals surface area contributed by atoms with Gasteiger partial charge in [-0.1, -0.05) is 11.8 Å². The second-order valence-corrected chi connectivity index (χ2v) is 9.04. The van der Waals surface area contributed by atoms with E-state index in [4.69, 9.17) is 9.47 Å². The standard InChI is InChI=1S/C23H32N4O4S/c1-26(2)10-7-11-27-20-9-6-5-8-19(20)22(25-23(27)29)32-15-21(28)24-16-12-17(30-3)14-18(13-16)31-4/h12-14H,5-11,15H2,1-4H3,(H,24,28). The molecule has 1 amide bonds. The number of carbonyl (C=O) groups is 1. The van der Waals surface area contributed by atoms with Crippen molar-refractivity contribution >= 4 is 23.4 Å². The number of methoxy groups -OCH3 is 2. The molecule has 1 aromatic carbocycles. The lowest BCUT2D eigenvalue weighted by molar-refractivity contribution is -0.113. The number of benzene rings is 1. The lowest BCUT2D eigenvalue weighted by atomic mass is 9.97. The molecular formula is C23H32N4O4S. The van der Waals surface area contributed by atoms with Gasteiger partial charge in [-0.05, 0) is 52.7 Å². The third-order valence-corrected chi connectivity index (χ3v) is 6.43. The third kappa shape index (κ3) is 6.26. The van der Waals surface area contributed by atoms with E-state index in [0.717, 1.165) is 49.9 Å². The highest BCUT2D eigenvalue weighted by atomic mass is 32.2. The summed E-state index contributed by atoms with van der Waals surface area (Å²) in [6.45, 7) is 1.60. The second-order valence-electron chi connectivity index (χ2n) is 8.08. The Labute approximate surface area is 193 Å². The quantitative estimate of drug-likeness (QED) is 0.431. The predicted molar refractivity (Wildman–Crippen MR) is 127 cm³/mol. The molecular weight excluding hydrogens is 428 g/mol. The van der Waals surface area contributed by atoms with E-state index in [9.17, 15) is 9.59 Å². The number of hydrogen-bond acceptors (Lipinski definition) is 7. The highest BCUT2D eigenvalue weighted by molar-refractivity contribution is 8.00. The lowest BCUT2D eigenvalue weighted by Gasteiger charge is -2.23. The van der Waals surface area contributed by atoms with Gasteiger partial charge >= 0.3 is 5.69 Å². The first-order valence-corrected chi connectivity index (χ1v) is 11.8. The molecule has 3 rings (SSSR count). The Balaban J connectivity index is 1.71. The number of amides is 1. The van der Waals surface area contributed by atoms with Gasteiger partial charge in [-0.25, -0.2) is 4.79 Å². The number of hydrogen-bond donors (Lipinski definition) is 1. The molecule has 0 fully saturated rings. The summed E-state index contributed by atoms with van der Waals surface area (Å²) in [4.78, 5) is 31.8. The van der Waals surface area contributed by atoms with Gasteiger partial charge in [0.2, 0.25) is 5.91 Å². The first-order valence-electron chi connectivity index (χ1n) is 10.8. The van der Waals surface area contributed by atoms with Crippen molar-refractivity contribution in [1.29, 1.82) is 0 Å². The summed E-state index contributed by atoms with van der Waals surface area (Å²) >= 11 is 1.33. The number of aromatic nitrogens is 2. The van der Waals surface area contributed by atoms with E-state index in [1.165, 1.54) is 11.8 Å². The molecule has 2 aromatic rings. The Bertz CT molecular complexity index is 984. The van der Waals surface area contributed by atoms with Crippen molar-refractivity contribution in [3.8, 4) is 11.5 Å². The normalized spacial score (nSPS) is 13.0. The molecule has 0 aliphatic heterocycles. The van der Waals surface area contributed by atoms with E-state index >= 15 is 0 Å². The highest BCUT2D eigenvalue weighted by Crippen LogP contribution is 2.29. The topological polar surface area (TPSA) is 85.7 Å². The Morgan fingerprint density at radius 1 is 1.16 bits per heavy atom. The molecule has 1 aliphatic carbocycles. The maximum absolute atomic E-state index is 12.8. The minimum Gasteiger partial charge on any atom is -0.497 e. The largest absolute Gasteiger partial charge is 0.497 e. The summed E-state index contributed by atoms with van der Waals surface area (Å²) in [6, 6.07) is 5.22. The monoisotopic (exact) mass is 460 g/mol. The minimum absolute atomic E-state index is 0.170. The Hall–Kier alpha value is -2.52. The minimum atomic E-state index is -0.218. The van der Waals surface area contributed by atoms with Crippen LogP contribution in [0.1, 0.15) is 30.5 Å². The Morgan fingerprint density at radius 2 is 1.84 bits per heavy atom. The maximum atomic E-state index is 12.8. The fraction of sp³-hybridized carbons (Fsp3) is 0.522. The summed E-state index contributed by atoms with van der Waals surface area (Å²) < 4.78 is 12.3. The zero-order valence-corrected chi connectivity index (χ0v) is 20.1. The van der Waals surface area contributed by atoms with E-state index in [1.54, 1.807) is 32.4 Å². The van der Waals surface area contributed by atoms with Crippen molar-refractivity contribution in [1.82, 2.24) is 14.5 Å². The van der Waals surface area contributed by atoms with Crippen LogP contribution in [0.4, 0.5) is 5.69 Å². The van der Waals surface area contributed by atoms with Crippen LogP contribution in [0.3, 0.4) is 0 Å². The lowest BCUT2D eigenvalue weighted by Crippen LogP contribution is -2.31. The Morgan fingerprint density at radius 3 is 2.50 bits per heavy atom. The summed E-state index contributed by atoms with van der Waals surface area (Å²) in [5.41, 5.74) is 2.60. The second kappa shape index (κ2) is 11.4. The van der Waals surface area contributed by atoms with Gasteiger partial charge in [-0.15, -0.1) is 0 Å². The number of ether oxygens (including phenoxy) is 2. The SMILES string of the molecule is COc1cc(NC(=O)CSc2nc(=O)n(CCCN(C)C)c3c2CCCC3)cc(OC)c1. The van der Waals surface area contributed by atoms with Crippen LogP contribution in [0.25, 0.3) is 0 Å². The molecule has 0 saturated carbocycles. The molecule has 1 aromatic heterocycles. The van der Waals surface area contributed by atoms with E-state index in [-0.39, 0.29) is 17.3 Å². The molecule has 32 heavy (non-hydrogen) atoms. The smallest absolute Gasteiger partial charge is 0.348 e. The molecule has 1 N–H and O–H groups in total. The molecule has 1 aliphatic rings. The average molecular weight is 461 g/mol. The van der Waals surface area contributed by atoms with E-state index in [2.05, 4.69) is 15.2 Å². The molecule has 9 heteroatoms. The number of rotatable bonds is 10. The van der Waals surface area contributed by atoms with Crippen molar-refractivity contribution in [2.45, 2.75) is 43.7 Å². The molecule has 0 bridgehead atoms. The average Bonchev–Trinajstić information content (AvgIpc) is 2.78. The van der Waals surface area contributed by atoms with Gasteiger partial charge in [0.15, 0.2) is 0 Å². The first-order chi connectivity index (χ1) is 15.4. The van der Waals surface area contributed by atoms with Crippen LogP contribution in [-0.2, 0) is 24.2 Å². The molecule has 0 radical (unpaired) electrons. The molecule has 0 saturated heterocycles. The fourth-order valence-corrected chi connectivity index (χ4v) is 4.73. The maximum Gasteiger partial charge on any atom is 0.348 e. The first kappa shape index (κ1) is 24.1. The van der Waals surface area contributed by atoms with Crippen molar-refractivity contribution in [3.63, 3.8) is 0 Å². The highest BCUT2D eigenvalue weighted by Gasteiger charge is 2.21. The van der Waals surface area contributed by atoms with Crippen molar-refractivity contribution in [3.05, 3.63) is 39.9 Å². The number of fused-ring (bicyclic) bond motifs is 1. The third-order valence-electron chi connectivity index (χ3n) is 5.41. The molecule has 0 unspecified atom stereocenters. The number of nitrogens with zero attached hydrogens (tertiary/aromatic N) is 3. The van der Waals surface area contributed by atoms with Crippen LogP contribution < -0.4 is 20.5 Å². The Kier molecular flexibility index (Phi) is 8.58.